The molecular weight excluding hydrogens is 376 g/mol. The molecule has 1 aromatic rings. The van der Waals surface area contributed by atoms with Crippen molar-refractivity contribution in [2.24, 2.45) is 0 Å². The number of amides is 1. The fraction of sp³-hybridized carbons (Fsp3) is 0.529. The minimum atomic E-state index is -3.71. The van der Waals surface area contributed by atoms with Gasteiger partial charge in [0.15, 0.2) is 6.61 Å². The van der Waals surface area contributed by atoms with Crippen molar-refractivity contribution in [3.63, 3.8) is 0 Å². The highest BCUT2D eigenvalue weighted by molar-refractivity contribution is 7.89. The fourth-order valence-electron chi connectivity index (χ4n) is 2.70. The van der Waals surface area contributed by atoms with E-state index in [-0.39, 0.29) is 15.7 Å². The molecule has 1 fully saturated rings. The smallest absolute Gasteiger partial charge is 0.350 e. The van der Waals surface area contributed by atoms with Crippen molar-refractivity contribution in [2.45, 2.75) is 31.6 Å². The van der Waals surface area contributed by atoms with E-state index in [0.717, 1.165) is 29.8 Å². The third-order valence-corrected chi connectivity index (χ3v) is 6.98. The number of hydrogen-bond donors (Lipinski definition) is 0. The van der Waals surface area contributed by atoms with E-state index in [0.29, 0.717) is 26.2 Å². The van der Waals surface area contributed by atoms with E-state index < -0.39 is 22.6 Å². The Morgan fingerprint density at radius 1 is 1.35 bits per heavy atom. The summed E-state index contributed by atoms with van der Waals surface area (Å²) in [6, 6.07) is 1.41. The molecule has 1 saturated heterocycles. The van der Waals surface area contributed by atoms with Crippen molar-refractivity contribution in [1.29, 1.82) is 0 Å². The molecule has 144 valence electrons. The van der Waals surface area contributed by atoms with Crippen molar-refractivity contribution in [2.75, 3.05) is 32.8 Å². The number of likely N-dealkylation sites (N-methyl/N-ethyl adjacent to an activating group) is 1. The fourth-order valence-corrected chi connectivity index (χ4v) is 5.50. The maximum atomic E-state index is 12.7. The molecule has 0 aliphatic carbocycles. The maximum absolute atomic E-state index is 12.7. The summed E-state index contributed by atoms with van der Waals surface area (Å²) in [6.07, 6.45) is 1.63. The van der Waals surface area contributed by atoms with Crippen LogP contribution in [0.1, 0.15) is 36.4 Å². The van der Waals surface area contributed by atoms with Crippen LogP contribution in [-0.2, 0) is 19.6 Å². The molecule has 0 N–H and O–H groups in total. The lowest BCUT2D eigenvalue weighted by molar-refractivity contribution is -0.133. The highest BCUT2D eigenvalue weighted by Crippen LogP contribution is 2.28. The highest BCUT2D eigenvalue weighted by Gasteiger charge is 2.32. The first-order valence-electron chi connectivity index (χ1n) is 8.44. The third-order valence-electron chi connectivity index (χ3n) is 4.02. The van der Waals surface area contributed by atoms with Gasteiger partial charge in [-0.3, -0.25) is 4.79 Å². The second-order valence-electron chi connectivity index (χ2n) is 6.17. The topological polar surface area (TPSA) is 84.0 Å². The summed E-state index contributed by atoms with van der Waals surface area (Å²) in [4.78, 5) is 26.0. The first-order chi connectivity index (χ1) is 12.3. The van der Waals surface area contributed by atoms with Gasteiger partial charge in [-0.2, -0.15) is 4.31 Å². The summed E-state index contributed by atoms with van der Waals surface area (Å²) in [7, 11) is -3.71. The zero-order valence-electron chi connectivity index (χ0n) is 15.1. The van der Waals surface area contributed by atoms with Crippen LogP contribution in [0.15, 0.2) is 28.5 Å². The lowest BCUT2D eigenvalue weighted by atomic mass is 10.3. The van der Waals surface area contributed by atoms with Gasteiger partial charge in [-0.05, 0) is 38.1 Å². The van der Waals surface area contributed by atoms with E-state index >= 15 is 0 Å². The summed E-state index contributed by atoms with van der Waals surface area (Å²) < 4.78 is 31.8. The van der Waals surface area contributed by atoms with Gasteiger partial charge in [0.1, 0.15) is 9.77 Å². The molecule has 2 heterocycles. The first-order valence-corrected chi connectivity index (χ1v) is 10.8. The van der Waals surface area contributed by atoms with Crippen LogP contribution in [0.4, 0.5) is 0 Å². The first kappa shape index (κ1) is 20.6. The Morgan fingerprint density at radius 3 is 2.58 bits per heavy atom. The monoisotopic (exact) mass is 400 g/mol. The Labute approximate surface area is 158 Å². The minimum absolute atomic E-state index is 0.00708. The maximum Gasteiger partial charge on any atom is 0.350 e. The molecule has 1 aliphatic heterocycles. The van der Waals surface area contributed by atoms with Gasteiger partial charge in [0.05, 0.1) is 0 Å². The van der Waals surface area contributed by atoms with Gasteiger partial charge >= 0.3 is 5.97 Å². The molecule has 1 aliphatic rings. The molecule has 7 nitrogen and oxygen atoms in total. The quantitative estimate of drug-likeness (QED) is 0.493. The highest BCUT2D eigenvalue weighted by atomic mass is 32.2. The second kappa shape index (κ2) is 8.79. The number of thiophene rings is 1. The molecule has 0 spiro atoms. The van der Waals surface area contributed by atoms with Crippen LogP contribution >= 0.6 is 11.3 Å². The molecule has 9 heteroatoms. The Hall–Kier alpha value is -1.71. The summed E-state index contributed by atoms with van der Waals surface area (Å²) >= 11 is 1.00. The van der Waals surface area contributed by atoms with Crippen LogP contribution in [-0.4, -0.2) is 62.3 Å². The lowest BCUT2D eigenvalue weighted by Gasteiger charge is -2.20. The van der Waals surface area contributed by atoms with Crippen LogP contribution in [0.25, 0.3) is 0 Å². The van der Waals surface area contributed by atoms with E-state index in [1.807, 2.05) is 13.8 Å². The Morgan fingerprint density at radius 2 is 2.00 bits per heavy atom. The molecule has 0 saturated carbocycles. The predicted molar refractivity (Wildman–Crippen MR) is 99.7 cm³/mol. The Kier molecular flexibility index (Phi) is 6.96. The van der Waals surface area contributed by atoms with Crippen LogP contribution in [0.2, 0.25) is 0 Å². The van der Waals surface area contributed by atoms with E-state index in [4.69, 9.17) is 4.74 Å². The number of carbonyl (C=O) groups is 2. The van der Waals surface area contributed by atoms with Crippen LogP contribution in [0.3, 0.4) is 0 Å². The van der Waals surface area contributed by atoms with Crippen molar-refractivity contribution < 1.29 is 22.7 Å². The average molecular weight is 401 g/mol. The molecule has 0 aromatic carbocycles. The van der Waals surface area contributed by atoms with E-state index in [2.05, 4.69) is 6.58 Å². The molecule has 0 radical (unpaired) electrons. The number of esters is 1. The van der Waals surface area contributed by atoms with Gasteiger partial charge < -0.3 is 9.64 Å². The summed E-state index contributed by atoms with van der Waals surface area (Å²) in [5.74, 6) is -1.14. The SMILES string of the molecule is C=C(C)CN(CC)C(=O)COC(=O)c1sccc1S(=O)(=O)N1CCCC1. The second-order valence-corrected chi connectivity index (χ2v) is 8.99. The zero-order valence-corrected chi connectivity index (χ0v) is 16.7. The van der Waals surface area contributed by atoms with Gasteiger partial charge in [-0.25, -0.2) is 13.2 Å². The van der Waals surface area contributed by atoms with Crippen molar-refractivity contribution in [3.05, 3.63) is 28.5 Å². The van der Waals surface area contributed by atoms with Gasteiger partial charge in [0, 0.05) is 26.2 Å². The minimum Gasteiger partial charge on any atom is -0.451 e. The molecule has 0 bridgehead atoms. The Bertz CT molecular complexity index is 779. The van der Waals surface area contributed by atoms with Crippen molar-refractivity contribution in [3.8, 4) is 0 Å². The predicted octanol–water partition coefficient (Wildman–Crippen LogP) is 2.11. The van der Waals surface area contributed by atoms with Crippen LogP contribution < -0.4 is 0 Å². The van der Waals surface area contributed by atoms with E-state index in [9.17, 15) is 18.0 Å². The largest absolute Gasteiger partial charge is 0.451 e. The van der Waals surface area contributed by atoms with E-state index in [1.54, 1.807) is 5.38 Å². The summed E-state index contributed by atoms with van der Waals surface area (Å²) in [5.41, 5.74) is 0.823. The number of hydrogen-bond acceptors (Lipinski definition) is 6. The van der Waals surface area contributed by atoms with Gasteiger partial charge in [0.25, 0.3) is 5.91 Å². The Balaban J connectivity index is 2.06. The van der Waals surface area contributed by atoms with Crippen molar-refractivity contribution >= 4 is 33.2 Å². The van der Waals surface area contributed by atoms with Crippen molar-refractivity contribution in [1.82, 2.24) is 9.21 Å². The molecule has 0 unspecified atom stereocenters. The number of sulfonamides is 1. The molecular formula is C17H24N2O5S2. The van der Waals surface area contributed by atoms with Gasteiger partial charge in [-0.15, -0.1) is 11.3 Å². The standard InChI is InChI=1S/C17H24N2O5S2/c1-4-18(11-13(2)3)15(20)12-24-17(21)16-14(7-10-25-16)26(22,23)19-8-5-6-9-19/h7,10H,2,4-6,8-9,11-12H2,1,3H3. The van der Waals surface area contributed by atoms with Gasteiger partial charge in [-0.1, -0.05) is 12.2 Å². The molecule has 2 rings (SSSR count). The third kappa shape index (κ3) is 4.72. The zero-order chi connectivity index (χ0) is 19.3. The molecule has 1 aromatic heterocycles. The summed E-state index contributed by atoms with van der Waals surface area (Å²) in [6.45, 7) is 8.74. The summed E-state index contributed by atoms with van der Waals surface area (Å²) in [5, 5.41) is 1.54. The van der Waals surface area contributed by atoms with Gasteiger partial charge in [0.2, 0.25) is 10.0 Å². The molecule has 0 atom stereocenters. The lowest BCUT2D eigenvalue weighted by Crippen LogP contribution is -2.35. The number of rotatable bonds is 8. The number of carbonyl (C=O) groups excluding carboxylic acids is 2. The van der Waals surface area contributed by atoms with E-state index in [1.165, 1.54) is 15.3 Å². The van der Waals surface area contributed by atoms with Crippen LogP contribution in [0, 0.1) is 0 Å². The molecule has 26 heavy (non-hydrogen) atoms. The average Bonchev–Trinajstić information content (AvgIpc) is 3.28. The normalized spacial score (nSPS) is 15.0. The number of ether oxygens (including phenoxy) is 1. The molecule has 1 amide bonds. The number of nitrogens with zero attached hydrogens (tertiary/aromatic N) is 2. The van der Waals surface area contributed by atoms with Crippen LogP contribution in [0.5, 0.6) is 0 Å².